The average Bonchev–Trinajstić information content (AvgIpc) is 3.17. The molecule has 0 aliphatic carbocycles. The summed E-state index contributed by atoms with van der Waals surface area (Å²) in [5, 5.41) is 5.53. The molecular formula is C24H23FN4O. The van der Waals surface area contributed by atoms with Crippen LogP contribution in [-0.2, 0) is 7.05 Å². The summed E-state index contributed by atoms with van der Waals surface area (Å²) in [5.74, 6) is 1.24. The second-order valence-corrected chi connectivity index (χ2v) is 7.03. The number of alkyl halides is 1. The maximum Gasteiger partial charge on any atom is 0.235 e. The van der Waals surface area contributed by atoms with Crippen molar-refractivity contribution in [1.82, 2.24) is 14.5 Å². The van der Waals surface area contributed by atoms with Gasteiger partial charge in [-0.3, -0.25) is 0 Å². The van der Waals surface area contributed by atoms with Gasteiger partial charge in [0.2, 0.25) is 6.36 Å². The van der Waals surface area contributed by atoms with E-state index in [-0.39, 0.29) is 0 Å². The SMILES string of the molecule is C/C=C(/Nc1cc2cc(-c3cncn3C)ccc2cn1)c1ccc(OC(C)F)cc1. The number of imidazole rings is 1. The van der Waals surface area contributed by atoms with Crippen molar-refractivity contribution in [2.45, 2.75) is 20.2 Å². The lowest BCUT2D eigenvalue weighted by molar-refractivity contribution is 0.0860. The number of pyridine rings is 1. The molecule has 5 nitrogen and oxygen atoms in total. The van der Waals surface area contributed by atoms with Crippen molar-refractivity contribution in [3.8, 4) is 17.0 Å². The van der Waals surface area contributed by atoms with E-state index in [1.54, 1.807) is 18.5 Å². The standard InChI is InChI=1S/C24H23FN4O/c1-4-22(17-7-9-21(10-8-17)30-16(2)25)28-24-12-20-11-18(5-6-19(20)13-27-24)23-14-26-15-29(23)3/h4-16H,1-3H3,(H,27,28)/b22-4+. The van der Waals surface area contributed by atoms with E-state index in [1.165, 1.54) is 6.92 Å². The monoisotopic (exact) mass is 402 g/mol. The lowest BCUT2D eigenvalue weighted by Crippen LogP contribution is -2.04. The van der Waals surface area contributed by atoms with E-state index in [9.17, 15) is 4.39 Å². The largest absolute Gasteiger partial charge is 0.461 e. The molecule has 1 N–H and O–H groups in total. The van der Waals surface area contributed by atoms with Gasteiger partial charge in [-0.25, -0.2) is 14.4 Å². The highest BCUT2D eigenvalue weighted by atomic mass is 19.1. The molecule has 6 heteroatoms. The number of hydrogen-bond donors (Lipinski definition) is 1. The molecule has 2 heterocycles. The molecule has 0 aliphatic heterocycles. The van der Waals surface area contributed by atoms with E-state index < -0.39 is 6.36 Å². The highest BCUT2D eigenvalue weighted by Gasteiger charge is 2.08. The topological polar surface area (TPSA) is 52.0 Å². The van der Waals surface area contributed by atoms with Crippen LogP contribution in [0.4, 0.5) is 10.2 Å². The maximum absolute atomic E-state index is 13.0. The van der Waals surface area contributed by atoms with Crippen LogP contribution in [0.5, 0.6) is 5.75 Å². The first-order chi connectivity index (χ1) is 14.5. The van der Waals surface area contributed by atoms with Gasteiger partial charge in [0.05, 0.1) is 18.2 Å². The maximum atomic E-state index is 13.0. The Labute approximate surface area is 174 Å². The summed E-state index contributed by atoms with van der Waals surface area (Å²) in [5.41, 5.74) is 4.03. The minimum atomic E-state index is -1.34. The molecule has 0 aliphatic rings. The summed E-state index contributed by atoms with van der Waals surface area (Å²) in [7, 11) is 1.98. The first-order valence-electron chi connectivity index (χ1n) is 9.74. The normalized spacial score (nSPS) is 12.7. The number of allylic oxidation sites excluding steroid dienone is 1. The zero-order valence-corrected chi connectivity index (χ0v) is 17.1. The van der Waals surface area contributed by atoms with Crippen molar-refractivity contribution in [1.29, 1.82) is 0 Å². The van der Waals surface area contributed by atoms with E-state index >= 15 is 0 Å². The average molecular weight is 402 g/mol. The van der Waals surface area contributed by atoms with Crippen LogP contribution < -0.4 is 10.1 Å². The first-order valence-corrected chi connectivity index (χ1v) is 9.74. The predicted molar refractivity (Wildman–Crippen MR) is 119 cm³/mol. The van der Waals surface area contributed by atoms with E-state index in [0.29, 0.717) is 5.75 Å². The fourth-order valence-corrected chi connectivity index (χ4v) is 3.35. The number of benzene rings is 2. The molecule has 0 spiro atoms. The van der Waals surface area contributed by atoms with Crippen LogP contribution in [-0.4, -0.2) is 20.9 Å². The molecule has 152 valence electrons. The van der Waals surface area contributed by atoms with Gasteiger partial charge in [-0.1, -0.05) is 18.2 Å². The molecule has 4 aromatic rings. The second kappa shape index (κ2) is 8.37. The molecule has 1 atom stereocenters. The Balaban J connectivity index is 1.59. The molecule has 0 radical (unpaired) electrons. The lowest BCUT2D eigenvalue weighted by atomic mass is 10.1. The lowest BCUT2D eigenvalue weighted by Gasteiger charge is -2.13. The Kier molecular flexibility index (Phi) is 5.48. The number of nitrogens with zero attached hydrogens (tertiary/aromatic N) is 3. The summed E-state index contributed by atoms with van der Waals surface area (Å²) in [6.07, 6.45) is 6.15. The smallest absolute Gasteiger partial charge is 0.235 e. The van der Waals surface area contributed by atoms with E-state index in [2.05, 4.69) is 33.5 Å². The molecule has 2 aromatic heterocycles. The van der Waals surface area contributed by atoms with E-state index in [0.717, 1.165) is 39.1 Å². The molecule has 2 aromatic carbocycles. The fraction of sp³-hybridized carbons (Fsp3) is 0.167. The van der Waals surface area contributed by atoms with Crippen molar-refractivity contribution in [3.05, 3.63) is 78.9 Å². The van der Waals surface area contributed by atoms with Crippen LogP contribution in [0.1, 0.15) is 19.4 Å². The molecule has 1 unspecified atom stereocenters. The van der Waals surface area contributed by atoms with Gasteiger partial charge in [-0.05, 0) is 54.3 Å². The number of hydrogen-bond acceptors (Lipinski definition) is 4. The highest BCUT2D eigenvalue weighted by Crippen LogP contribution is 2.27. The fourth-order valence-electron chi connectivity index (χ4n) is 3.35. The molecular weight excluding hydrogens is 379 g/mol. The third-order valence-electron chi connectivity index (χ3n) is 4.85. The predicted octanol–water partition coefficient (Wildman–Crippen LogP) is 5.80. The molecule has 0 fully saturated rings. The van der Waals surface area contributed by atoms with Crippen molar-refractivity contribution < 1.29 is 9.13 Å². The number of anilines is 1. The Hall–Kier alpha value is -3.67. The Morgan fingerprint density at radius 2 is 1.90 bits per heavy atom. The van der Waals surface area contributed by atoms with Gasteiger partial charge < -0.3 is 14.6 Å². The van der Waals surface area contributed by atoms with Crippen LogP contribution in [0.25, 0.3) is 27.7 Å². The third-order valence-corrected chi connectivity index (χ3v) is 4.85. The van der Waals surface area contributed by atoms with Crippen LogP contribution in [0.15, 0.2) is 73.3 Å². The number of aryl methyl sites for hydroxylation is 1. The van der Waals surface area contributed by atoms with Gasteiger partial charge in [0.1, 0.15) is 11.6 Å². The molecule has 0 amide bonds. The minimum Gasteiger partial charge on any atom is -0.461 e. The molecule has 30 heavy (non-hydrogen) atoms. The molecule has 4 rings (SSSR count). The second-order valence-electron chi connectivity index (χ2n) is 7.03. The van der Waals surface area contributed by atoms with Crippen LogP contribution >= 0.6 is 0 Å². The van der Waals surface area contributed by atoms with Crippen molar-refractivity contribution in [2.24, 2.45) is 7.05 Å². The Morgan fingerprint density at radius 1 is 1.10 bits per heavy atom. The summed E-state index contributed by atoms with van der Waals surface area (Å²) in [6, 6.07) is 15.6. The van der Waals surface area contributed by atoms with Crippen LogP contribution in [0.3, 0.4) is 0 Å². The molecule has 0 bridgehead atoms. The van der Waals surface area contributed by atoms with Crippen molar-refractivity contribution >= 4 is 22.3 Å². The quantitative estimate of drug-likeness (QED) is 0.443. The molecule has 0 saturated heterocycles. The van der Waals surface area contributed by atoms with Gasteiger partial charge in [0.25, 0.3) is 0 Å². The van der Waals surface area contributed by atoms with Crippen LogP contribution in [0, 0.1) is 0 Å². The van der Waals surface area contributed by atoms with Gasteiger partial charge in [0.15, 0.2) is 0 Å². The Bertz CT molecular complexity index is 1200. The van der Waals surface area contributed by atoms with Crippen molar-refractivity contribution in [3.63, 3.8) is 0 Å². The summed E-state index contributed by atoms with van der Waals surface area (Å²) in [4.78, 5) is 8.75. The number of halogens is 1. The van der Waals surface area contributed by atoms with Crippen LogP contribution in [0.2, 0.25) is 0 Å². The zero-order chi connectivity index (χ0) is 21.1. The first kappa shape index (κ1) is 19.6. The number of nitrogens with one attached hydrogen (secondary N) is 1. The van der Waals surface area contributed by atoms with Gasteiger partial charge in [0, 0.05) is 36.8 Å². The number of rotatable bonds is 6. The van der Waals surface area contributed by atoms with Gasteiger partial charge in [-0.15, -0.1) is 0 Å². The zero-order valence-electron chi connectivity index (χ0n) is 17.1. The Morgan fingerprint density at radius 3 is 2.57 bits per heavy atom. The van der Waals surface area contributed by atoms with Gasteiger partial charge in [-0.2, -0.15) is 0 Å². The van der Waals surface area contributed by atoms with Gasteiger partial charge >= 0.3 is 0 Å². The summed E-state index contributed by atoms with van der Waals surface area (Å²) >= 11 is 0. The van der Waals surface area contributed by atoms with E-state index in [1.807, 2.05) is 55.2 Å². The summed E-state index contributed by atoms with van der Waals surface area (Å²) < 4.78 is 20.1. The van der Waals surface area contributed by atoms with Crippen molar-refractivity contribution in [2.75, 3.05) is 5.32 Å². The van der Waals surface area contributed by atoms with E-state index in [4.69, 9.17) is 4.74 Å². The number of fused-ring (bicyclic) bond motifs is 1. The minimum absolute atomic E-state index is 0.496. The number of ether oxygens (including phenoxy) is 1. The highest BCUT2D eigenvalue weighted by molar-refractivity contribution is 5.89. The molecule has 0 saturated carbocycles. The number of aromatic nitrogens is 3. The summed E-state index contributed by atoms with van der Waals surface area (Å²) in [6.45, 7) is 3.32. The third kappa shape index (κ3) is 4.17.